The number of fused-ring (bicyclic) bond motifs is 1. The van der Waals surface area contributed by atoms with Crippen LogP contribution >= 0.6 is 0 Å². The molecule has 1 aromatic heterocycles. The maximum atomic E-state index is 13.8. The third-order valence-electron chi connectivity index (χ3n) is 7.46. The fourth-order valence-electron chi connectivity index (χ4n) is 5.50. The van der Waals surface area contributed by atoms with Crippen LogP contribution in [0.3, 0.4) is 0 Å². The maximum absolute atomic E-state index is 13.8. The van der Waals surface area contributed by atoms with E-state index in [9.17, 15) is 18.0 Å². The molecule has 0 saturated carbocycles. The molecule has 0 radical (unpaired) electrons. The average Bonchev–Trinajstić information content (AvgIpc) is 2.89. The lowest BCUT2D eigenvalue weighted by Gasteiger charge is -2.28. The van der Waals surface area contributed by atoms with Crippen LogP contribution in [0.15, 0.2) is 59.5 Å². The molecule has 2 atom stereocenters. The Hall–Kier alpha value is -3.46. The summed E-state index contributed by atoms with van der Waals surface area (Å²) in [6.45, 7) is 4.69. The number of likely N-dealkylation sites (tertiary alicyclic amines) is 1. The van der Waals surface area contributed by atoms with Crippen molar-refractivity contribution in [3.8, 4) is 0 Å². The van der Waals surface area contributed by atoms with Gasteiger partial charge in [-0.05, 0) is 73.2 Å². The van der Waals surface area contributed by atoms with E-state index in [0.717, 1.165) is 62.5 Å². The number of pyridine rings is 1. The van der Waals surface area contributed by atoms with Crippen LogP contribution in [-0.2, 0) is 19.1 Å². The molecule has 2 N–H and O–H groups in total. The molecule has 1 fully saturated rings. The molecule has 2 aromatic rings. The van der Waals surface area contributed by atoms with Gasteiger partial charge in [-0.2, -0.15) is 13.2 Å². The number of nitrogens with one attached hydrogen (secondary N) is 2. The van der Waals surface area contributed by atoms with Crippen LogP contribution in [0.25, 0.3) is 0 Å². The molecule has 3 heterocycles. The van der Waals surface area contributed by atoms with Crippen LogP contribution in [0.4, 0.5) is 23.7 Å². The zero-order valence-electron chi connectivity index (χ0n) is 21.4. The van der Waals surface area contributed by atoms with Gasteiger partial charge in [-0.25, -0.2) is 4.79 Å². The highest BCUT2D eigenvalue weighted by molar-refractivity contribution is 5.91. The van der Waals surface area contributed by atoms with Gasteiger partial charge < -0.3 is 10.6 Å². The average molecular weight is 524 g/mol. The summed E-state index contributed by atoms with van der Waals surface area (Å²) >= 11 is 0. The summed E-state index contributed by atoms with van der Waals surface area (Å²) in [6.07, 6.45) is 11.0. The van der Waals surface area contributed by atoms with E-state index in [1.54, 1.807) is 0 Å². The zero-order chi connectivity index (χ0) is 26.7. The molecule has 6 nitrogen and oxygen atoms in total. The van der Waals surface area contributed by atoms with E-state index in [4.69, 9.17) is 0 Å². The number of aromatic nitrogens is 1. The zero-order valence-corrected chi connectivity index (χ0v) is 21.4. The van der Waals surface area contributed by atoms with Crippen LogP contribution in [0.2, 0.25) is 0 Å². The summed E-state index contributed by atoms with van der Waals surface area (Å²) in [5, 5.41) is 5.33. The van der Waals surface area contributed by atoms with Crippen molar-refractivity contribution in [2.75, 3.05) is 25.0 Å². The highest BCUT2D eigenvalue weighted by Crippen LogP contribution is 2.36. The Morgan fingerprint density at radius 3 is 2.71 bits per heavy atom. The Balaban J connectivity index is 1.25. The normalized spacial score (nSPS) is 21.5. The number of aliphatic imine (C=N–C) groups is 1. The van der Waals surface area contributed by atoms with Gasteiger partial charge in [0.1, 0.15) is 0 Å². The molecule has 0 bridgehead atoms. The van der Waals surface area contributed by atoms with Crippen molar-refractivity contribution < 1.29 is 18.0 Å². The summed E-state index contributed by atoms with van der Waals surface area (Å²) in [5.41, 5.74) is 3.60. The lowest BCUT2D eigenvalue weighted by Crippen LogP contribution is -2.30. The SMILES string of the molecule is CC1C=C(NC(=O)Nc2ccc(CN3CCCCC3)c(C(F)(F)F)c2)C=CC1c1cncc2c1C=NCC2. The van der Waals surface area contributed by atoms with Gasteiger partial charge in [0.05, 0.1) is 5.56 Å². The molecule has 2 aliphatic heterocycles. The monoisotopic (exact) mass is 523 g/mol. The molecule has 3 aliphatic rings. The summed E-state index contributed by atoms with van der Waals surface area (Å²) in [4.78, 5) is 23.6. The highest BCUT2D eigenvalue weighted by Gasteiger charge is 2.34. The lowest BCUT2D eigenvalue weighted by molar-refractivity contribution is -0.138. The molecule has 38 heavy (non-hydrogen) atoms. The summed E-state index contributed by atoms with van der Waals surface area (Å²) < 4.78 is 41.5. The van der Waals surface area contributed by atoms with E-state index >= 15 is 0 Å². The van der Waals surface area contributed by atoms with Crippen molar-refractivity contribution in [3.05, 3.63) is 82.3 Å². The topological polar surface area (TPSA) is 69.6 Å². The van der Waals surface area contributed by atoms with Crippen LogP contribution in [0.5, 0.6) is 0 Å². The Morgan fingerprint density at radius 2 is 1.95 bits per heavy atom. The number of alkyl halides is 3. The molecule has 2 unspecified atom stereocenters. The van der Waals surface area contributed by atoms with Gasteiger partial charge in [0.2, 0.25) is 0 Å². The number of urea groups is 1. The smallest absolute Gasteiger partial charge is 0.308 e. The number of halogens is 3. The Morgan fingerprint density at radius 1 is 1.13 bits per heavy atom. The number of allylic oxidation sites excluding steroid dienone is 3. The van der Waals surface area contributed by atoms with Crippen molar-refractivity contribution in [2.24, 2.45) is 10.9 Å². The van der Waals surface area contributed by atoms with Crippen molar-refractivity contribution in [3.63, 3.8) is 0 Å². The molecule has 9 heteroatoms. The number of carbonyl (C=O) groups excluding carboxylic acids is 1. The van der Waals surface area contributed by atoms with Crippen molar-refractivity contribution in [1.29, 1.82) is 0 Å². The first-order valence-corrected chi connectivity index (χ1v) is 13.1. The lowest BCUT2D eigenvalue weighted by atomic mass is 9.81. The van der Waals surface area contributed by atoms with Gasteiger partial charge in [0.25, 0.3) is 0 Å². The number of anilines is 1. The number of piperidine rings is 1. The quantitative estimate of drug-likeness (QED) is 0.501. The predicted molar refractivity (Wildman–Crippen MR) is 142 cm³/mol. The first kappa shape index (κ1) is 26.2. The summed E-state index contributed by atoms with van der Waals surface area (Å²) in [6, 6.07) is 3.44. The number of amides is 2. The second kappa shape index (κ2) is 11.1. The molecule has 2 amide bonds. The van der Waals surface area contributed by atoms with E-state index in [1.807, 2.05) is 36.8 Å². The Bertz CT molecular complexity index is 1280. The van der Waals surface area contributed by atoms with Gasteiger partial charge in [0, 0.05) is 54.6 Å². The van der Waals surface area contributed by atoms with Crippen molar-refractivity contribution >= 4 is 17.9 Å². The van der Waals surface area contributed by atoms with Crippen molar-refractivity contribution in [2.45, 2.75) is 51.2 Å². The number of benzene rings is 1. The molecule has 1 aliphatic carbocycles. The van der Waals surface area contributed by atoms with E-state index < -0.39 is 17.8 Å². The first-order chi connectivity index (χ1) is 18.3. The second-order valence-electron chi connectivity index (χ2n) is 10.2. The maximum Gasteiger partial charge on any atom is 0.416 e. The molecule has 5 rings (SSSR count). The van der Waals surface area contributed by atoms with Crippen LogP contribution in [0, 0.1) is 5.92 Å². The van der Waals surface area contributed by atoms with E-state index in [2.05, 4.69) is 32.4 Å². The summed E-state index contributed by atoms with van der Waals surface area (Å²) in [5.74, 6) is 0.155. The van der Waals surface area contributed by atoms with Crippen LogP contribution in [0.1, 0.15) is 59.9 Å². The van der Waals surface area contributed by atoms with E-state index in [0.29, 0.717) is 5.70 Å². The molecule has 1 aromatic carbocycles. The Labute approximate surface area is 220 Å². The van der Waals surface area contributed by atoms with Gasteiger partial charge in [0.15, 0.2) is 0 Å². The number of rotatable bonds is 5. The van der Waals surface area contributed by atoms with Gasteiger partial charge >= 0.3 is 12.2 Å². The standard InChI is InChI=1S/C29H32F3N5O/c1-19-13-22(7-8-24(19)26-17-34-15-20-9-10-33-16-25(20)26)35-28(38)36-23-6-5-21(27(14-23)29(30,31)32)18-37-11-3-2-4-12-37/h5-8,13-17,19,24H,2-4,9-12,18H2,1H3,(H2,35,36,38). The molecule has 200 valence electrons. The molecule has 1 saturated heterocycles. The minimum absolute atomic E-state index is 0.0739. The van der Waals surface area contributed by atoms with Crippen LogP contribution in [-0.4, -0.2) is 41.8 Å². The number of hydrogen-bond acceptors (Lipinski definition) is 4. The third-order valence-corrected chi connectivity index (χ3v) is 7.46. The predicted octanol–water partition coefficient (Wildman–Crippen LogP) is 6.06. The van der Waals surface area contributed by atoms with Crippen molar-refractivity contribution in [1.82, 2.24) is 15.2 Å². The molecular weight excluding hydrogens is 491 g/mol. The number of carbonyl (C=O) groups is 1. The largest absolute Gasteiger partial charge is 0.416 e. The molecular formula is C29H32F3N5O. The van der Waals surface area contributed by atoms with E-state index in [1.165, 1.54) is 17.7 Å². The third kappa shape index (κ3) is 5.99. The van der Waals surface area contributed by atoms with Gasteiger partial charge in [-0.1, -0.05) is 31.6 Å². The number of nitrogens with zero attached hydrogens (tertiary/aromatic N) is 3. The van der Waals surface area contributed by atoms with E-state index in [-0.39, 0.29) is 29.6 Å². The number of hydrogen-bond donors (Lipinski definition) is 2. The molecule has 0 spiro atoms. The second-order valence-corrected chi connectivity index (χ2v) is 10.2. The fourth-order valence-corrected chi connectivity index (χ4v) is 5.50. The minimum atomic E-state index is -4.51. The fraction of sp³-hybridized carbons (Fsp3) is 0.414. The first-order valence-electron chi connectivity index (χ1n) is 13.1. The summed E-state index contributed by atoms with van der Waals surface area (Å²) in [7, 11) is 0. The van der Waals surface area contributed by atoms with Crippen LogP contribution < -0.4 is 10.6 Å². The Kier molecular flexibility index (Phi) is 7.65. The van der Waals surface area contributed by atoms with Gasteiger partial charge in [-0.15, -0.1) is 0 Å². The van der Waals surface area contributed by atoms with Gasteiger partial charge in [-0.3, -0.25) is 14.9 Å². The highest BCUT2D eigenvalue weighted by atomic mass is 19.4. The minimum Gasteiger partial charge on any atom is -0.308 e.